The minimum absolute atomic E-state index is 0.742. The van der Waals surface area contributed by atoms with Crippen molar-refractivity contribution < 1.29 is 0 Å². The molecule has 21 heavy (non-hydrogen) atoms. The molecule has 0 radical (unpaired) electrons. The van der Waals surface area contributed by atoms with Crippen LogP contribution in [0.1, 0.15) is 16.7 Å². The SMILES string of the molecule is Cc1cc(C)c(NCc2cn[nH]c2-c2cccs2)c(Br)c1. The van der Waals surface area contributed by atoms with Crippen molar-refractivity contribution in [2.24, 2.45) is 0 Å². The summed E-state index contributed by atoms with van der Waals surface area (Å²) in [5.41, 5.74) is 5.90. The monoisotopic (exact) mass is 361 g/mol. The van der Waals surface area contributed by atoms with Gasteiger partial charge in [0, 0.05) is 16.6 Å². The number of thiophene rings is 1. The van der Waals surface area contributed by atoms with Gasteiger partial charge in [0.05, 0.1) is 22.5 Å². The van der Waals surface area contributed by atoms with Crippen molar-refractivity contribution in [1.29, 1.82) is 0 Å². The maximum Gasteiger partial charge on any atom is 0.0799 e. The highest BCUT2D eigenvalue weighted by Gasteiger charge is 2.10. The summed E-state index contributed by atoms with van der Waals surface area (Å²) in [6.45, 7) is 4.97. The van der Waals surface area contributed by atoms with Crippen molar-refractivity contribution in [2.75, 3.05) is 5.32 Å². The second kappa shape index (κ2) is 6.03. The van der Waals surface area contributed by atoms with E-state index in [0.717, 1.165) is 22.4 Å². The molecule has 0 unspecified atom stereocenters. The lowest BCUT2D eigenvalue weighted by atomic mass is 10.1. The first kappa shape index (κ1) is 14.4. The number of rotatable bonds is 4. The number of anilines is 1. The summed E-state index contributed by atoms with van der Waals surface area (Å²) in [5, 5.41) is 12.9. The molecule has 3 nitrogen and oxygen atoms in total. The molecule has 0 saturated carbocycles. The lowest BCUT2D eigenvalue weighted by Gasteiger charge is -2.12. The maximum absolute atomic E-state index is 4.18. The molecule has 0 saturated heterocycles. The lowest BCUT2D eigenvalue weighted by molar-refractivity contribution is 1.10. The lowest BCUT2D eigenvalue weighted by Crippen LogP contribution is -2.02. The van der Waals surface area contributed by atoms with E-state index in [-0.39, 0.29) is 0 Å². The number of aryl methyl sites for hydroxylation is 2. The van der Waals surface area contributed by atoms with Gasteiger partial charge in [0.25, 0.3) is 0 Å². The van der Waals surface area contributed by atoms with E-state index in [1.54, 1.807) is 11.3 Å². The average molecular weight is 362 g/mol. The molecule has 0 bridgehead atoms. The Morgan fingerprint density at radius 2 is 2.19 bits per heavy atom. The van der Waals surface area contributed by atoms with Crippen LogP contribution in [0, 0.1) is 13.8 Å². The van der Waals surface area contributed by atoms with Gasteiger partial charge in [-0.25, -0.2) is 0 Å². The maximum atomic E-state index is 4.18. The molecule has 0 aliphatic heterocycles. The molecular formula is C16H16BrN3S. The van der Waals surface area contributed by atoms with Crippen molar-refractivity contribution in [3.63, 3.8) is 0 Å². The minimum Gasteiger partial charge on any atom is -0.380 e. The number of aromatic nitrogens is 2. The molecule has 2 aromatic heterocycles. The van der Waals surface area contributed by atoms with Gasteiger partial charge in [-0.15, -0.1) is 11.3 Å². The Morgan fingerprint density at radius 1 is 1.33 bits per heavy atom. The van der Waals surface area contributed by atoms with Gasteiger partial charge >= 0.3 is 0 Å². The highest BCUT2D eigenvalue weighted by Crippen LogP contribution is 2.30. The van der Waals surface area contributed by atoms with E-state index < -0.39 is 0 Å². The van der Waals surface area contributed by atoms with Crippen molar-refractivity contribution in [2.45, 2.75) is 20.4 Å². The Balaban J connectivity index is 1.82. The fourth-order valence-corrected chi connectivity index (χ4v) is 3.97. The summed E-state index contributed by atoms with van der Waals surface area (Å²) in [7, 11) is 0. The Morgan fingerprint density at radius 3 is 2.90 bits per heavy atom. The minimum atomic E-state index is 0.742. The van der Waals surface area contributed by atoms with Gasteiger partial charge in [-0.1, -0.05) is 12.1 Å². The van der Waals surface area contributed by atoms with Gasteiger partial charge in [0.15, 0.2) is 0 Å². The molecule has 3 rings (SSSR count). The third kappa shape index (κ3) is 3.04. The van der Waals surface area contributed by atoms with Crippen LogP contribution in [0.25, 0.3) is 10.6 Å². The molecule has 1 aromatic carbocycles. The summed E-state index contributed by atoms with van der Waals surface area (Å²) < 4.78 is 1.10. The molecule has 2 N–H and O–H groups in total. The number of halogens is 1. The number of benzene rings is 1. The van der Waals surface area contributed by atoms with E-state index in [2.05, 4.69) is 74.9 Å². The number of nitrogens with one attached hydrogen (secondary N) is 2. The zero-order valence-corrected chi connectivity index (χ0v) is 14.3. The van der Waals surface area contributed by atoms with Crippen LogP contribution in [0.2, 0.25) is 0 Å². The number of nitrogens with zero attached hydrogens (tertiary/aromatic N) is 1. The predicted octanol–water partition coefficient (Wildman–Crippen LogP) is 5.13. The van der Waals surface area contributed by atoms with E-state index in [4.69, 9.17) is 0 Å². The Hall–Kier alpha value is -1.59. The standard InChI is InChI=1S/C16H16BrN3S/c1-10-6-11(2)15(13(17)7-10)18-8-12-9-19-20-16(12)14-4-3-5-21-14/h3-7,9,18H,8H2,1-2H3,(H,19,20). The van der Waals surface area contributed by atoms with Crippen molar-refractivity contribution in [1.82, 2.24) is 10.2 Å². The largest absolute Gasteiger partial charge is 0.380 e. The second-order valence-corrected chi connectivity index (χ2v) is 6.84. The summed E-state index contributed by atoms with van der Waals surface area (Å²) in [4.78, 5) is 1.21. The fourth-order valence-electron chi connectivity index (χ4n) is 2.40. The Kier molecular flexibility index (Phi) is 4.12. The van der Waals surface area contributed by atoms with Crippen LogP contribution in [0.15, 0.2) is 40.3 Å². The summed E-state index contributed by atoms with van der Waals surface area (Å²) in [5.74, 6) is 0. The highest BCUT2D eigenvalue weighted by atomic mass is 79.9. The first-order valence-corrected chi connectivity index (χ1v) is 8.39. The van der Waals surface area contributed by atoms with Gasteiger partial charge < -0.3 is 5.32 Å². The zero-order chi connectivity index (χ0) is 14.8. The first-order chi connectivity index (χ1) is 10.1. The molecule has 0 aliphatic rings. The first-order valence-electron chi connectivity index (χ1n) is 6.72. The Labute approximate surface area is 136 Å². The second-order valence-electron chi connectivity index (χ2n) is 5.04. The molecule has 5 heteroatoms. The van der Waals surface area contributed by atoms with Crippen LogP contribution in [0.5, 0.6) is 0 Å². The normalized spacial score (nSPS) is 10.8. The van der Waals surface area contributed by atoms with Crippen molar-refractivity contribution in [3.05, 3.63) is 57.0 Å². The Bertz CT molecular complexity index is 724. The van der Waals surface area contributed by atoms with Crippen LogP contribution in [0.4, 0.5) is 5.69 Å². The summed E-state index contributed by atoms with van der Waals surface area (Å²) >= 11 is 5.35. The van der Waals surface area contributed by atoms with Crippen LogP contribution in [-0.4, -0.2) is 10.2 Å². The molecule has 0 spiro atoms. The van der Waals surface area contributed by atoms with E-state index in [1.165, 1.54) is 21.6 Å². The van der Waals surface area contributed by atoms with Gasteiger partial charge in [0.2, 0.25) is 0 Å². The van der Waals surface area contributed by atoms with Crippen molar-refractivity contribution in [3.8, 4) is 10.6 Å². The predicted molar refractivity (Wildman–Crippen MR) is 92.8 cm³/mol. The smallest absolute Gasteiger partial charge is 0.0799 e. The highest BCUT2D eigenvalue weighted by molar-refractivity contribution is 9.10. The summed E-state index contributed by atoms with van der Waals surface area (Å²) in [6.07, 6.45) is 1.89. The van der Waals surface area contributed by atoms with Crippen LogP contribution in [0.3, 0.4) is 0 Å². The number of aromatic amines is 1. The van der Waals surface area contributed by atoms with Crippen LogP contribution < -0.4 is 5.32 Å². The molecule has 0 amide bonds. The molecule has 108 valence electrons. The van der Waals surface area contributed by atoms with Crippen LogP contribution in [-0.2, 0) is 6.54 Å². The summed E-state index contributed by atoms with van der Waals surface area (Å²) in [6, 6.07) is 8.47. The van der Waals surface area contributed by atoms with Gasteiger partial charge in [-0.3, -0.25) is 5.10 Å². The van der Waals surface area contributed by atoms with E-state index >= 15 is 0 Å². The molecule has 0 atom stereocenters. The zero-order valence-electron chi connectivity index (χ0n) is 11.9. The molecule has 0 fully saturated rings. The number of H-pyrrole nitrogens is 1. The quantitative estimate of drug-likeness (QED) is 0.676. The molecule has 3 aromatic rings. The average Bonchev–Trinajstić information content (AvgIpc) is 3.07. The molecular weight excluding hydrogens is 346 g/mol. The fraction of sp³-hybridized carbons (Fsp3) is 0.188. The third-order valence-corrected chi connectivity index (χ3v) is 4.89. The van der Waals surface area contributed by atoms with Crippen molar-refractivity contribution >= 4 is 33.0 Å². The molecule has 2 heterocycles. The van der Waals surface area contributed by atoms with E-state index in [0.29, 0.717) is 0 Å². The van der Waals surface area contributed by atoms with E-state index in [9.17, 15) is 0 Å². The van der Waals surface area contributed by atoms with Gasteiger partial charge in [0.1, 0.15) is 0 Å². The molecule has 0 aliphatic carbocycles. The third-order valence-electron chi connectivity index (χ3n) is 3.37. The van der Waals surface area contributed by atoms with Crippen LogP contribution >= 0.6 is 27.3 Å². The number of hydrogen-bond acceptors (Lipinski definition) is 3. The topological polar surface area (TPSA) is 40.7 Å². The van der Waals surface area contributed by atoms with Gasteiger partial charge in [-0.05, 0) is 58.4 Å². The van der Waals surface area contributed by atoms with E-state index in [1.807, 2.05) is 6.20 Å². The van der Waals surface area contributed by atoms with Gasteiger partial charge in [-0.2, -0.15) is 5.10 Å². The number of hydrogen-bond donors (Lipinski definition) is 2.